The highest BCUT2D eigenvalue weighted by Crippen LogP contribution is 2.32. The predicted octanol–water partition coefficient (Wildman–Crippen LogP) is 3.47. The number of benzene rings is 1. The van der Waals surface area contributed by atoms with Crippen molar-refractivity contribution in [3.05, 3.63) is 50.1 Å². The Labute approximate surface area is 133 Å². The summed E-state index contributed by atoms with van der Waals surface area (Å²) >= 11 is 12.8. The van der Waals surface area contributed by atoms with Gasteiger partial charge in [-0.3, -0.25) is 19.3 Å². The van der Waals surface area contributed by atoms with Crippen LogP contribution in [0.5, 0.6) is 0 Å². The minimum Gasteiger partial charge on any atom is -0.297 e. The van der Waals surface area contributed by atoms with Crippen LogP contribution in [0.1, 0.15) is 20.0 Å². The van der Waals surface area contributed by atoms with Crippen molar-refractivity contribution in [2.24, 2.45) is 0 Å². The number of thiophene rings is 1. The summed E-state index contributed by atoms with van der Waals surface area (Å²) in [7, 11) is 0. The fourth-order valence-electron chi connectivity index (χ4n) is 2.11. The van der Waals surface area contributed by atoms with Crippen molar-refractivity contribution >= 4 is 57.7 Å². The Morgan fingerprint density at radius 1 is 1.14 bits per heavy atom. The van der Waals surface area contributed by atoms with Crippen LogP contribution in [0.2, 0.25) is 9.36 Å². The molecule has 0 atom stereocenters. The number of halogens is 2. The quantitative estimate of drug-likeness (QED) is 0.635. The van der Waals surface area contributed by atoms with E-state index >= 15 is 0 Å². The number of fused-ring (bicyclic) bond motifs is 1. The van der Waals surface area contributed by atoms with Crippen molar-refractivity contribution in [3.63, 3.8) is 0 Å². The van der Waals surface area contributed by atoms with Crippen LogP contribution in [0.4, 0.5) is 5.69 Å². The molecule has 0 fully saturated rings. The lowest BCUT2D eigenvalue weighted by molar-refractivity contribution is -0.114. The van der Waals surface area contributed by atoms with Gasteiger partial charge in [0.15, 0.2) is 5.78 Å². The van der Waals surface area contributed by atoms with Gasteiger partial charge in [0, 0.05) is 5.02 Å². The maximum atomic E-state index is 12.2. The summed E-state index contributed by atoms with van der Waals surface area (Å²) in [4.78, 5) is 37.6. The van der Waals surface area contributed by atoms with Crippen LogP contribution >= 0.6 is 34.5 Å². The predicted molar refractivity (Wildman–Crippen MR) is 81.8 cm³/mol. The first kappa shape index (κ1) is 14.3. The summed E-state index contributed by atoms with van der Waals surface area (Å²) < 4.78 is 0.491. The second-order valence-corrected chi connectivity index (χ2v) is 6.56. The Morgan fingerprint density at radius 3 is 2.57 bits per heavy atom. The van der Waals surface area contributed by atoms with E-state index in [0.29, 0.717) is 19.9 Å². The van der Waals surface area contributed by atoms with Crippen LogP contribution in [0.15, 0.2) is 30.3 Å². The molecule has 106 valence electrons. The number of amides is 1. The van der Waals surface area contributed by atoms with E-state index in [1.54, 1.807) is 12.1 Å². The molecule has 21 heavy (non-hydrogen) atoms. The summed E-state index contributed by atoms with van der Waals surface area (Å²) in [5, 5.41) is 0.396. The number of anilines is 1. The fraction of sp³-hybridized carbons (Fsp3) is 0.0714. The lowest BCUT2D eigenvalue weighted by Crippen LogP contribution is -2.34. The number of rotatable bonds is 3. The Kier molecular flexibility index (Phi) is 3.57. The number of carbonyl (C=O) groups excluding carboxylic acids is 3. The molecule has 7 heteroatoms. The van der Waals surface area contributed by atoms with E-state index in [2.05, 4.69) is 0 Å². The molecule has 0 unspecified atom stereocenters. The second kappa shape index (κ2) is 5.26. The molecule has 1 aromatic heterocycles. The van der Waals surface area contributed by atoms with E-state index in [-0.39, 0.29) is 17.9 Å². The molecule has 1 aromatic carbocycles. The van der Waals surface area contributed by atoms with E-state index in [4.69, 9.17) is 23.2 Å². The van der Waals surface area contributed by atoms with E-state index in [9.17, 15) is 14.4 Å². The van der Waals surface area contributed by atoms with Crippen LogP contribution in [-0.4, -0.2) is 24.0 Å². The third-order valence-electron chi connectivity index (χ3n) is 3.08. The molecule has 0 aliphatic carbocycles. The van der Waals surface area contributed by atoms with Crippen molar-refractivity contribution in [1.29, 1.82) is 0 Å². The molecule has 1 aliphatic rings. The Morgan fingerprint density at radius 2 is 1.90 bits per heavy atom. The molecule has 3 rings (SSSR count). The average Bonchev–Trinajstić information content (AvgIpc) is 2.97. The van der Waals surface area contributed by atoms with Crippen molar-refractivity contribution in [2.45, 2.75) is 0 Å². The van der Waals surface area contributed by atoms with Crippen LogP contribution in [0.3, 0.4) is 0 Å². The van der Waals surface area contributed by atoms with Crippen molar-refractivity contribution < 1.29 is 14.4 Å². The Bertz CT molecular complexity index is 784. The van der Waals surface area contributed by atoms with Gasteiger partial charge in [-0.15, -0.1) is 11.3 Å². The zero-order valence-corrected chi connectivity index (χ0v) is 12.8. The monoisotopic (exact) mass is 339 g/mol. The highest BCUT2D eigenvalue weighted by Gasteiger charge is 2.37. The molecule has 2 aromatic rings. The van der Waals surface area contributed by atoms with Crippen LogP contribution < -0.4 is 4.90 Å². The number of carbonyl (C=O) groups is 3. The third kappa shape index (κ3) is 2.48. The summed E-state index contributed by atoms with van der Waals surface area (Å²) in [5.74, 6) is -1.62. The van der Waals surface area contributed by atoms with Gasteiger partial charge >= 0.3 is 0 Å². The van der Waals surface area contributed by atoms with E-state index in [1.807, 2.05) is 0 Å². The minimum absolute atomic E-state index is 0.214. The van der Waals surface area contributed by atoms with E-state index in [0.717, 1.165) is 16.2 Å². The van der Waals surface area contributed by atoms with E-state index in [1.165, 1.54) is 18.2 Å². The van der Waals surface area contributed by atoms with Gasteiger partial charge in [-0.05, 0) is 30.3 Å². The average molecular weight is 340 g/mol. The van der Waals surface area contributed by atoms with Gasteiger partial charge in [0.25, 0.3) is 11.7 Å². The van der Waals surface area contributed by atoms with Crippen LogP contribution in [-0.2, 0) is 4.79 Å². The first-order valence-corrected chi connectivity index (χ1v) is 7.49. The molecule has 0 spiro atoms. The second-order valence-electron chi connectivity index (χ2n) is 4.41. The van der Waals surface area contributed by atoms with Gasteiger partial charge in [-0.25, -0.2) is 0 Å². The van der Waals surface area contributed by atoms with Gasteiger partial charge in [0.1, 0.15) is 0 Å². The molecule has 1 amide bonds. The summed E-state index contributed by atoms with van der Waals surface area (Å²) in [6, 6.07) is 7.74. The number of Topliss-reactive ketones (excluding diaryl/α,β-unsaturated/α-hetero) is 2. The minimum atomic E-state index is -0.719. The Hall–Kier alpha value is -1.69. The Balaban J connectivity index is 1.93. The first-order chi connectivity index (χ1) is 9.97. The first-order valence-electron chi connectivity index (χ1n) is 5.91. The van der Waals surface area contributed by atoms with Crippen LogP contribution in [0.25, 0.3) is 0 Å². The smallest absolute Gasteiger partial charge is 0.297 e. The zero-order valence-electron chi connectivity index (χ0n) is 10.4. The lowest BCUT2D eigenvalue weighted by atomic mass is 10.1. The van der Waals surface area contributed by atoms with Gasteiger partial charge in [0.2, 0.25) is 0 Å². The molecule has 0 N–H and O–H groups in total. The number of hydrogen-bond acceptors (Lipinski definition) is 4. The number of ketones is 2. The van der Waals surface area contributed by atoms with Crippen molar-refractivity contribution in [3.8, 4) is 0 Å². The van der Waals surface area contributed by atoms with Gasteiger partial charge in [0.05, 0.1) is 27.0 Å². The molecular weight excluding hydrogens is 333 g/mol. The fourth-order valence-corrected chi connectivity index (χ4v) is 3.25. The van der Waals surface area contributed by atoms with Gasteiger partial charge in [-0.1, -0.05) is 23.2 Å². The highest BCUT2D eigenvalue weighted by atomic mass is 35.5. The normalized spacial score (nSPS) is 13.7. The van der Waals surface area contributed by atoms with Gasteiger partial charge < -0.3 is 0 Å². The SMILES string of the molecule is O=C(CN1C(=O)C(=O)c2ccc(Cl)cc21)c1ccc(Cl)s1. The van der Waals surface area contributed by atoms with Crippen LogP contribution in [0, 0.1) is 0 Å². The number of nitrogens with zero attached hydrogens (tertiary/aromatic N) is 1. The van der Waals surface area contributed by atoms with Gasteiger partial charge in [-0.2, -0.15) is 0 Å². The maximum absolute atomic E-state index is 12.2. The molecule has 0 bridgehead atoms. The van der Waals surface area contributed by atoms with Crippen molar-refractivity contribution in [2.75, 3.05) is 11.4 Å². The summed E-state index contributed by atoms with van der Waals surface area (Å²) in [5.41, 5.74) is 0.634. The number of hydrogen-bond donors (Lipinski definition) is 0. The molecule has 0 saturated heterocycles. The molecule has 1 aliphatic heterocycles. The molecular formula is C14H7Cl2NO3S. The topological polar surface area (TPSA) is 54.5 Å². The standard InChI is InChI=1S/C14H7Cl2NO3S/c15-7-1-2-8-9(5-7)17(14(20)13(8)19)6-10(18)11-3-4-12(16)21-11/h1-5H,6H2. The zero-order chi connectivity index (χ0) is 15.1. The third-order valence-corrected chi connectivity index (χ3v) is 4.59. The summed E-state index contributed by atoms with van der Waals surface area (Å²) in [6.07, 6.45) is 0. The maximum Gasteiger partial charge on any atom is 0.299 e. The largest absolute Gasteiger partial charge is 0.299 e. The molecule has 4 nitrogen and oxygen atoms in total. The van der Waals surface area contributed by atoms with Crippen molar-refractivity contribution in [1.82, 2.24) is 0 Å². The lowest BCUT2D eigenvalue weighted by Gasteiger charge is -2.15. The highest BCUT2D eigenvalue weighted by molar-refractivity contribution is 7.18. The summed E-state index contributed by atoms with van der Waals surface area (Å²) in [6.45, 7) is -0.214. The molecule has 0 radical (unpaired) electrons. The van der Waals surface area contributed by atoms with E-state index < -0.39 is 11.7 Å². The molecule has 2 heterocycles. The molecule has 0 saturated carbocycles.